The summed E-state index contributed by atoms with van der Waals surface area (Å²) in [5.74, 6) is -1.57. The topological polar surface area (TPSA) is 63.3 Å². The van der Waals surface area contributed by atoms with Gasteiger partial charge in [0.05, 0.1) is 16.8 Å². The van der Waals surface area contributed by atoms with Gasteiger partial charge in [0.1, 0.15) is 11.6 Å². The molecule has 0 fully saturated rings. The lowest BCUT2D eigenvalue weighted by atomic mass is 10.2. The molecule has 96 valence electrons. The Morgan fingerprint density at radius 1 is 1.16 bits per heavy atom. The zero-order chi connectivity index (χ0) is 13.6. The van der Waals surface area contributed by atoms with E-state index >= 15 is 0 Å². The van der Waals surface area contributed by atoms with Crippen molar-refractivity contribution in [3.63, 3.8) is 0 Å². The van der Waals surface area contributed by atoms with Crippen molar-refractivity contribution in [1.29, 1.82) is 0 Å². The van der Waals surface area contributed by atoms with Crippen LogP contribution in [0.2, 0.25) is 0 Å². The minimum absolute atomic E-state index is 0.0574. The molecule has 1 N–H and O–H groups in total. The number of aromatic hydroxyl groups is 1. The Hall–Kier alpha value is -2.57. The molecule has 5 nitrogen and oxygen atoms in total. The summed E-state index contributed by atoms with van der Waals surface area (Å²) >= 11 is 0. The summed E-state index contributed by atoms with van der Waals surface area (Å²) in [6.07, 6.45) is 0. The summed E-state index contributed by atoms with van der Waals surface area (Å²) in [5.41, 5.74) is 1.10. The average Bonchev–Trinajstić information content (AvgIpc) is 2.73. The van der Waals surface area contributed by atoms with Gasteiger partial charge in [-0.25, -0.2) is 13.3 Å². The second-order valence-electron chi connectivity index (χ2n) is 4.03. The Kier molecular flexibility index (Phi) is 2.41. The second kappa shape index (κ2) is 3.98. The maximum atomic E-state index is 13.8. The number of aryl methyl sites for hydroxylation is 1. The highest BCUT2D eigenvalue weighted by molar-refractivity contribution is 5.63. The van der Waals surface area contributed by atoms with Gasteiger partial charge in [0, 0.05) is 12.1 Å². The minimum atomic E-state index is -0.769. The SMILES string of the molecule is Cc1nnc(-c2ccc(F)cc2F)n2nc(O)cc12. The molecule has 0 unspecified atom stereocenters. The Morgan fingerprint density at radius 2 is 1.95 bits per heavy atom. The lowest BCUT2D eigenvalue weighted by Gasteiger charge is -2.05. The zero-order valence-corrected chi connectivity index (χ0v) is 9.80. The fraction of sp³-hybridized carbons (Fsp3) is 0.0833. The van der Waals surface area contributed by atoms with E-state index in [0.717, 1.165) is 12.1 Å². The molecule has 3 aromatic rings. The molecule has 0 amide bonds. The molecule has 0 aliphatic carbocycles. The van der Waals surface area contributed by atoms with Crippen LogP contribution >= 0.6 is 0 Å². The molecule has 0 aliphatic heterocycles. The third-order valence-electron chi connectivity index (χ3n) is 2.73. The number of halogens is 2. The summed E-state index contributed by atoms with van der Waals surface area (Å²) in [5, 5.41) is 21.0. The van der Waals surface area contributed by atoms with Crippen molar-refractivity contribution in [3.05, 3.63) is 41.6 Å². The number of fused-ring (bicyclic) bond motifs is 1. The zero-order valence-electron chi connectivity index (χ0n) is 9.80. The fourth-order valence-electron chi connectivity index (χ4n) is 1.84. The number of rotatable bonds is 1. The molecule has 0 radical (unpaired) electrons. The standard InChI is InChI=1S/C12H8F2N4O/c1-6-10-5-11(19)17-18(10)12(16-15-6)8-3-2-7(13)4-9(8)14/h2-5H,1H3,(H,17,19). The third kappa shape index (κ3) is 1.79. The molecule has 0 saturated heterocycles. The van der Waals surface area contributed by atoms with Crippen molar-refractivity contribution in [3.8, 4) is 17.3 Å². The van der Waals surface area contributed by atoms with E-state index in [1.54, 1.807) is 6.92 Å². The van der Waals surface area contributed by atoms with E-state index in [1.807, 2.05) is 0 Å². The molecule has 7 heteroatoms. The van der Waals surface area contributed by atoms with Crippen LogP contribution in [0.1, 0.15) is 5.69 Å². The lowest BCUT2D eigenvalue weighted by Crippen LogP contribution is -2.03. The summed E-state index contributed by atoms with van der Waals surface area (Å²) in [6, 6.07) is 4.53. The van der Waals surface area contributed by atoms with E-state index in [-0.39, 0.29) is 17.3 Å². The molecule has 0 spiro atoms. The summed E-state index contributed by atoms with van der Waals surface area (Å²) in [4.78, 5) is 0. The van der Waals surface area contributed by atoms with Crippen LogP contribution in [0, 0.1) is 18.6 Å². The molecule has 0 bridgehead atoms. The van der Waals surface area contributed by atoms with Crippen molar-refractivity contribution >= 4 is 5.52 Å². The van der Waals surface area contributed by atoms with Crippen LogP contribution in [0.3, 0.4) is 0 Å². The first-order chi connectivity index (χ1) is 9.06. The second-order valence-corrected chi connectivity index (χ2v) is 4.03. The molecular formula is C12H8F2N4O. The monoisotopic (exact) mass is 262 g/mol. The summed E-state index contributed by atoms with van der Waals surface area (Å²) < 4.78 is 27.9. The first-order valence-corrected chi connectivity index (χ1v) is 5.43. The molecule has 2 heterocycles. The smallest absolute Gasteiger partial charge is 0.231 e. The van der Waals surface area contributed by atoms with E-state index < -0.39 is 11.6 Å². The van der Waals surface area contributed by atoms with Crippen molar-refractivity contribution in [2.24, 2.45) is 0 Å². The third-order valence-corrected chi connectivity index (χ3v) is 2.73. The highest BCUT2D eigenvalue weighted by Crippen LogP contribution is 2.24. The predicted octanol–water partition coefficient (Wildman–Crippen LogP) is 2.08. The van der Waals surface area contributed by atoms with Gasteiger partial charge in [-0.3, -0.25) is 0 Å². The van der Waals surface area contributed by atoms with Crippen molar-refractivity contribution < 1.29 is 13.9 Å². The Labute approximate surface area is 106 Å². The highest BCUT2D eigenvalue weighted by atomic mass is 19.1. The number of hydrogen-bond acceptors (Lipinski definition) is 4. The van der Waals surface area contributed by atoms with E-state index in [9.17, 15) is 13.9 Å². The fourth-order valence-corrected chi connectivity index (χ4v) is 1.84. The molecular weight excluding hydrogens is 254 g/mol. The highest BCUT2D eigenvalue weighted by Gasteiger charge is 2.15. The minimum Gasteiger partial charge on any atom is -0.492 e. The normalized spacial score (nSPS) is 11.1. The van der Waals surface area contributed by atoms with E-state index in [4.69, 9.17) is 0 Å². The van der Waals surface area contributed by atoms with Gasteiger partial charge in [0.15, 0.2) is 5.82 Å². The van der Waals surface area contributed by atoms with E-state index in [1.165, 1.54) is 16.6 Å². The van der Waals surface area contributed by atoms with E-state index in [0.29, 0.717) is 11.2 Å². The molecule has 0 aliphatic rings. The number of nitrogens with zero attached hydrogens (tertiary/aromatic N) is 4. The van der Waals surface area contributed by atoms with Gasteiger partial charge in [-0.2, -0.15) is 5.10 Å². The lowest BCUT2D eigenvalue weighted by molar-refractivity contribution is 0.449. The van der Waals surface area contributed by atoms with Crippen LogP contribution in [0.4, 0.5) is 8.78 Å². The predicted molar refractivity (Wildman–Crippen MR) is 62.5 cm³/mol. The van der Waals surface area contributed by atoms with Gasteiger partial charge in [-0.1, -0.05) is 0 Å². The maximum absolute atomic E-state index is 13.8. The van der Waals surface area contributed by atoms with Crippen molar-refractivity contribution in [2.45, 2.75) is 6.92 Å². The first-order valence-electron chi connectivity index (χ1n) is 5.43. The van der Waals surface area contributed by atoms with Gasteiger partial charge in [-0.05, 0) is 19.1 Å². The summed E-state index contributed by atoms with van der Waals surface area (Å²) in [7, 11) is 0. The van der Waals surface area contributed by atoms with Crippen molar-refractivity contribution in [1.82, 2.24) is 19.8 Å². The molecule has 19 heavy (non-hydrogen) atoms. The van der Waals surface area contributed by atoms with Gasteiger partial charge >= 0.3 is 0 Å². The molecule has 1 aromatic carbocycles. The largest absolute Gasteiger partial charge is 0.492 e. The number of benzene rings is 1. The number of aromatic nitrogens is 4. The van der Waals surface area contributed by atoms with Crippen LogP contribution in [0.15, 0.2) is 24.3 Å². The first kappa shape index (κ1) is 11.5. The van der Waals surface area contributed by atoms with Crippen LogP contribution in [-0.4, -0.2) is 24.9 Å². The van der Waals surface area contributed by atoms with Gasteiger partial charge in [-0.15, -0.1) is 10.2 Å². The Morgan fingerprint density at radius 3 is 2.68 bits per heavy atom. The van der Waals surface area contributed by atoms with Crippen molar-refractivity contribution in [2.75, 3.05) is 0 Å². The molecule has 0 atom stereocenters. The quantitative estimate of drug-likeness (QED) is 0.729. The molecule has 0 saturated carbocycles. The molecule has 2 aromatic heterocycles. The van der Waals surface area contributed by atoms with Gasteiger partial charge in [0.25, 0.3) is 0 Å². The van der Waals surface area contributed by atoms with Crippen LogP contribution < -0.4 is 0 Å². The average molecular weight is 262 g/mol. The Balaban J connectivity index is 2.33. The number of hydrogen-bond donors (Lipinski definition) is 1. The maximum Gasteiger partial charge on any atom is 0.231 e. The Bertz CT molecular complexity index is 785. The van der Waals surface area contributed by atoms with Gasteiger partial charge in [0.2, 0.25) is 5.88 Å². The molecule has 3 rings (SSSR count). The van der Waals surface area contributed by atoms with Crippen LogP contribution in [-0.2, 0) is 0 Å². The summed E-state index contributed by atoms with van der Waals surface area (Å²) in [6.45, 7) is 1.69. The van der Waals surface area contributed by atoms with E-state index in [2.05, 4.69) is 15.3 Å². The van der Waals surface area contributed by atoms with Crippen LogP contribution in [0.5, 0.6) is 5.88 Å². The van der Waals surface area contributed by atoms with Crippen LogP contribution in [0.25, 0.3) is 16.9 Å². The van der Waals surface area contributed by atoms with Gasteiger partial charge < -0.3 is 5.11 Å².